The van der Waals surface area contributed by atoms with Crippen LogP contribution in [-0.4, -0.2) is 39.3 Å². The Morgan fingerprint density at radius 2 is 1.78 bits per heavy atom. The highest BCUT2D eigenvalue weighted by Gasteiger charge is 2.17. The number of morpholine rings is 1. The predicted octanol–water partition coefficient (Wildman–Crippen LogP) is 2.35. The molecular formula is C20H23Cl2N2O3+. The van der Waals surface area contributed by atoms with Crippen molar-refractivity contribution in [3.05, 3.63) is 63.1 Å². The Labute approximate surface area is 169 Å². The van der Waals surface area contributed by atoms with Crippen molar-refractivity contribution in [2.75, 3.05) is 33.4 Å². The molecule has 5 nitrogen and oxygen atoms in total. The average Bonchev–Trinajstić information content (AvgIpc) is 2.67. The second-order valence-corrected chi connectivity index (χ2v) is 7.28. The number of amides is 1. The fraction of sp³-hybridized carbons (Fsp3) is 0.350. The monoisotopic (exact) mass is 409 g/mol. The third-order valence-electron chi connectivity index (χ3n) is 4.66. The third-order valence-corrected chi connectivity index (χ3v) is 5.22. The molecule has 7 heteroatoms. The summed E-state index contributed by atoms with van der Waals surface area (Å²) in [6.07, 6.45) is 0. The first-order chi connectivity index (χ1) is 13.1. The molecule has 0 bridgehead atoms. The summed E-state index contributed by atoms with van der Waals surface area (Å²) < 4.78 is 10.5. The molecule has 0 aromatic heterocycles. The number of halogens is 2. The van der Waals surface area contributed by atoms with Crippen LogP contribution in [0, 0.1) is 0 Å². The maximum atomic E-state index is 12.5. The van der Waals surface area contributed by atoms with Gasteiger partial charge in [0.2, 0.25) is 0 Å². The lowest BCUT2D eigenvalue weighted by Gasteiger charge is -2.24. The summed E-state index contributed by atoms with van der Waals surface area (Å²) in [6.45, 7) is 4.98. The van der Waals surface area contributed by atoms with Crippen LogP contribution in [0.2, 0.25) is 10.0 Å². The van der Waals surface area contributed by atoms with Crippen LogP contribution in [0.1, 0.15) is 21.5 Å². The van der Waals surface area contributed by atoms with E-state index < -0.39 is 0 Å². The number of carbonyl (C=O) groups is 1. The summed E-state index contributed by atoms with van der Waals surface area (Å²) in [5.74, 6) is 0.142. The second-order valence-electron chi connectivity index (χ2n) is 6.46. The maximum absolute atomic E-state index is 12.5. The largest absolute Gasteiger partial charge is 0.494 e. The minimum absolute atomic E-state index is 0.227. The second kappa shape index (κ2) is 9.42. The highest BCUT2D eigenvalue weighted by Crippen LogP contribution is 2.33. The number of benzene rings is 2. The van der Waals surface area contributed by atoms with E-state index in [1.54, 1.807) is 12.1 Å². The third kappa shape index (κ3) is 5.14. The first kappa shape index (κ1) is 20.0. The molecule has 1 aliphatic heterocycles. The van der Waals surface area contributed by atoms with Gasteiger partial charge in [-0.1, -0.05) is 47.5 Å². The van der Waals surface area contributed by atoms with Crippen molar-refractivity contribution < 1.29 is 19.2 Å². The molecule has 0 unspecified atom stereocenters. The lowest BCUT2D eigenvalue weighted by atomic mass is 10.1. The quantitative estimate of drug-likeness (QED) is 0.769. The molecule has 3 rings (SSSR count). The smallest absolute Gasteiger partial charge is 0.251 e. The van der Waals surface area contributed by atoms with Crippen molar-refractivity contribution in [1.29, 1.82) is 0 Å². The Morgan fingerprint density at radius 3 is 2.41 bits per heavy atom. The van der Waals surface area contributed by atoms with Gasteiger partial charge in [0.1, 0.15) is 19.6 Å². The molecule has 0 radical (unpaired) electrons. The van der Waals surface area contributed by atoms with Crippen LogP contribution in [0.5, 0.6) is 5.75 Å². The Balaban J connectivity index is 1.67. The van der Waals surface area contributed by atoms with Crippen LogP contribution in [0.15, 0.2) is 36.4 Å². The molecule has 2 N–H and O–H groups in total. The van der Waals surface area contributed by atoms with Gasteiger partial charge in [0.05, 0.1) is 30.4 Å². The average molecular weight is 410 g/mol. The van der Waals surface area contributed by atoms with Gasteiger partial charge in [0.25, 0.3) is 5.91 Å². The molecule has 0 saturated carbocycles. The molecular weight excluding hydrogens is 387 g/mol. The van der Waals surface area contributed by atoms with E-state index in [4.69, 9.17) is 32.7 Å². The van der Waals surface area contributed by atoms with Crippen LogP contribution >= 0.6 is 23.2 Å². The van der Waals surface area contributed by atoms with Gasteiger partial charge < -0.3 is 19.7 Å². The standard InChI is InChI=1S/C20H22Cl2N2O3/c1-26-19-17(21)10-16(11-18(19)22)20(25)23-12-14-4-2-3-5-15(14)13-24-6-8-27-9-7-24/h2-5,10-11H,6-9,12-13H2,1H3,(H,23,25)/p+1. The van der Waals surface area contributed by atoms with Crippen molar-refractivity contribution in [2.24, 2.45) is 0 Å². The lowest BCUT2D eigenvalue weighted by Crippen LogP contribution is -3.12. The number of ether oxygens (including phenoxy) is 2. The van der Waals surface area contributed by atoms with E-state index in [0.717, 1.165) is 38.4 Å². The zero-order valence-corrected chi connectivity index (χ0v) is 16.7. The van der Waals surface area contributed by atoms with Crippen molar-refractivity contribution in [3.8, 4) is 5.75 Å². The van der Waals surface area contributed by atoms with Crippen molar-refractivity contribution in [3.63, 3.8) is 0 Å². The number of hydrogen-bond donors (Lipinski definition) is 2. The van der Waals surface area contributed by atoms with E-state index in [2.05, 4.69) is 11.4 Å². The van der Waals surface area contributed by atoms with E-state index >= 15 is 0 Å². The summed E-state index contributed by atoms with van der Waals surface area (Å²) in [5, 5.41) is 3.58. The molecule has 0 spiro atoms. The highest BCUT2D eigenvalue weighted by atomic mass is 35.5. The number of hydrogen-bond acceptors (Lipinski definition) is 3. The van der Waals surface area contributed by atoms with E-state index in [-0.39, 0.29) is 5.91 Å². The molecule has 1 aliphatic rings. The molecule has 27 heavy (non-hydrogen) atoms. The molecule has 0 atom stereocenters. The van der Waals surface area contributed by atoms with Crippen LogP contribution in [0.25, 0.3) is 0 Å². The summed E-state index contributed by atoms with van der Waals surface area (Å²) in [6, 6.07) is 11.3. The lowest BCUT2D eigenvalue weighted by molar-refractivity contribution is -0.921. The summed E-state index contributed by atoms with van der Waals surface area (Å²) >= 11 is 12.3. The zero-order chi connectivity index (χ0) is 19.2. The van der Waals surface area contributed by atoms with E-state index in [0.29, 0.717) is 27.9 Å². The fourth-order valence-corrected chi connectivity index (χ4v) is 3.81. The Hall–Kier alpha value is -1.79. The molecule has 2 aromatic carbocycles. The Bertz CT molecular complexity index is 785. The highest BCUT2D eigenvalue weighted by molar-refractivity contribution is 6.37. The molecule has 2 aromatic rings. The Morgan fingerprint density at radius 1 is 1.15 bits per heavy atom. The van der Waals surface area contributed by atoms with Gasteiger partial charge in [-0.2, -0.15) is 0 Å². The van der Waals surface area contributed by atoms with Crippen molar-refractivity contribution in [1.82, 2.24) is 5.32 Å². The van der Waals surface area contributed by atoms with E-state index in [1.807, 2.05) is 18.2 Å². The van der Waals surface area contributed by atoms with E-state index in [9.17, 15) is 4.79 Å². The van der Waals surface area contributed by atoms with Crippen molar-refractivity contribution in [2.45, 2.75) is 13.1 Å². The van der Waals surface area contributed by atoms with Gasteiger partial charge in [-0.05, 0) is 17.7 Å². The summed E-state index contributed by atoms with van der Waals surface area (Å²) in [7, 11) is 1.49. The molecule has 0 aliphatic carbocycles. The number of rotatable bonds is 6. The molecule has 1 saturated heterocycles. The maximum Gasteiger partial charge on any atom is 0.251 e. The summed E-state index contributed by atoms with van der Waals surface area (Å²) in [5.41, 5.74) is 2.75. The van der Waals surface area contributed by atoms with Gasteiger partial charge in [-0.25, -0.2) is 0 Å². The van der Waals surface area contributed by atoms with Crippen LogP contribution in [0.4, 0.5) is 0 Å². The number of quaternary nitrogens is 1. The SMILES string of the molecule is COc1c(Cl)cc(C(=O)NCc2ccccc2C[NH+]2CCOCC2)cc1Cl. The molecule has 1 fully saturated rings. The topological polar surface area (TPSA) is 52.0 Å². The minimum atomic E-state index is -0.227. The van der Waals surface area contributed by atoms with Gasteiger partial charge in [0.15, 0.2) is 5.75 Å². The van der Waals surface area contributed by atoms with E-state index in [1.165, 1.54) is 17.6 Å². The number of carbonyl (C=O) groups excluding carboxylic acids is 1. The molecule has 1 heterocycles. The van der Waals surface area contributed by atoms with Crippen LogP contribution in [0.3, 0.4) is 0 Å². The van der Waals surface area contributed by atoms with Crippen LogP contribution in [-0.2, 0) is 17.8 Å². The summed E-state index contributed by atoms with van der Waals surface area (Å²) in [4.78, 5) is 14.0. The first-order valence-corrected chi connectivity index (χ1v) is 9.63. The zero-order valence-electron chi connectivity index (χ0n) is 15.2. The van der Waals surface area contributed by atoms with Gasteiger partial charge in [-0.15, -0.1) is 0 Å². The van der Waals surface area contributed by atoms with Gasteiger partial charge >= 0.3 is 0 Å². The van der Waals surface area contributed by atoms with Crippen LogP contribution < -0.4 is 15.0 Å². The van der Waals surface area contributed by atoms with Gasteiger partial charge in [-0.3, -0.25) is 4.79 Å². The number of nitrogens with one attached hydrogen (secondary N) is 2. The predicted molar refractivity (Wildman–Crippen MR) is 106 cm³/mol. The fourth-order valence-electron chi connectivity index (χ4n) is 3.17. The normalized spacial score (nSPS) is 14.8. The first-order valence-electron chi connectivity index (χ1n) is 8.88. The minimum Gasteiger partial charge on any atom is -0.494 e. The Kier molecular flexibility index (Phi) is 6.96. The van der Waals surface area contributed by atoms with Gasteiger partial charge in [0, 0.05) is 17.7 Å². The molecule has 144 valence electrons. The number of methoxy groups -OCH3 is 1. The van der Waals surface area contributed by atoms with Crippen molar-refractivity contribution >= 4 is 29.1 Å². The molecule has 1 amide bonds.